The highest BCUT2D eigenvalue weighted by atomic mass is 32.1. The highest BCUT2D eigenvalue weighted by Crippen LogP contribution is 2.35. The Balaban J connectivity index is 2.82. The van der Waals surface area contributed by atoms with Gasteiger partial charge in [0.05, 0.1) is 0 Å². The van der Waals surface area contributed by atoms with Gasteiger partial charge in [-0.1, -0.05) is 24.3 Å². The van der Waals surface area contributed by atoms with Gasteiger partial charge in [-0.2, -0.15) is 0 Å². The molecule has 2 rings (SSSR count). The van der Waals surface area contributed by atoms with E-state index in [-0.39, 0.29) is 0 Å². The van der Waals surface area contributed by atoms with E-state index in [0.29, 0.717) is 5.06 Å². The van der Waals surface area contributed by atoms with E-state index in [4.69, 9.17) is 0 Å². The van der Waals surface area contributed by atoms with Gasteiger partial charge in [0.15, 0.2) is 5.06 Å². The first-order chi connectivity index (χ1) is 6.22. The third kappa shape index (κ3) is 1.42. The van der Waals surface area contributed by atoms with Crippen LogP contribution in [0.2, 0.25) is 0 Å². The lowest BCUT2D eigenvalue weighted by atomic mass is 10.1. The fourth-order valence-corrected chi connectivity index (χ4v) is 2.92. The molecule has 68 valence electrons. The zero-order chi connectivity index (χ0) is 9.42. The number of aryl methyl sites for hydroxylation is 1. The van der Waals surface area contributed by atoms with Crippen LogP contribution in [-0.4, -0.2) is 5.11 Å². The summed E-state index contributed by atoms with van der Waals surface area (Å²) in [5.41, 5.74) is 1.23. The lowest BCUT2D eigenvalue weighted by Crippen LogP contribution is -1.81. The van der Waals surface area contributed by atoms with Crippen molar-refractivity contribution >= 4 is 34.1 Å². The average molecular weight is 210 g/mol. The van der Waals surface area contributed by atoms with Crippen molar-refractivity contribution < 1.29 is 5.11 Å². The van der Waals surface area contributed by atoms with E-state index in [0.717, 1.165) is 21.4 Å². The molecule has 0 amide bonds. The summed E-state index contributed by atoms with van der Waals surface area (Å²) in [6.45, 7) is 2.10. The fraction of sp³-hybridized carbons (Fsp3) is 0.200. The standard InChI is InChI=1S/C10H10OS2/c1-2-7-8(12)4-3-6-5-9(11)13-10(6)7/h3-5,11-12H,2H2,1H3. The van der Waals surface area contributed by atoms with Crippen molar-refractivity contribution in [1.29, 1.82) is 0 Å². The summed E-state index contributed by atoms with van der Waals surface area (Å²) >= 11 is 5.81. The van der Waals surface area contributed by atoms with Crippen molar-refractivity contribution in [2.24, 2.45) is 0 Å². The Hall–Kier alpha value is -0.670. The number of hydrogen-bond acceptors (Lipinski definition) is 3. The maximum atomic E-state index is 9.36. The minimum Gasteiger partial charge on any atom is -0.499 e. The van der Waals surface area contributed by atoms with Gasteiger partial charge in [0.2, 0.25) is 0 Å². The summed E-state index contributed by atoms with van der Waals surface area (Å²) in [4.78, 5) is 1.01. The Morgan fingerprint density at radius 1 is 1.46 bits per heavy atom. The molecule has 0 atom stereocenters. The molecular formula is C10H10OS2. The third-order valence-corrected chi connectivity index (χ3v) is 3.54. The van der Waals surface area contributed by atoms with Crippen molar-refractivity contribution in [3.8, 4) is 5.06 Å². The zero-order valence-corrected chi connectivity index (χ0v) is 8.95. The first-order valence-electron chi connectivity index (χ1n) is 4.15. The predicted octanol–water partition coefficient (Wildman–Crippen LogP) is 3.46. The maximum Gasteiger partial charge on any atom is 0.172 e. The first-order valence-corrected chi connectivity index (χ1v) is 5.42. The van der Waals surface area contributed by atoms with Crippen LogP contribution in [-0.2, 0) is 6.42 Å². The first kappa shape index (κ1) is 8.91. The monoisotopic (exact) mass is 210 g/mol. The molecule has 1 N–H and O–H groups in total. The van der Waals surface area contributed by atoms with Crippen LogP contribution in [0.4, 0.5) is 0 Å². The molecule has 3 heteroatoms. The Kier molecular flexibility index (Phi) is 2.22. The van der Waals surface area contributed by atoms with E-state index in [1.54, 1.807) is 6.07 Å². The molecule has 2 aromatic rings. The molecule has 0 aliphatic carbocycles. The van der Waals surface area contributed by atoms with Crippen LogP contribution in [0.3, 0.4) is 0 Å². The molecule has 0 unspecified atom stereocenters. The molecule has 1 aromatic carbocycles. The van der Waals surface area contributed by atoms with E-state index in [1.165, 1.54) is 16.9 Å². The lowest BCUT2D eigenvalue weighted by molar-refractivity contribution is 0.491. The molecule has 1 nitrogen and oxygen atoms in total. The van der Waals surface area contributed by atoms with Crippen LogP contribution >= 0.6 is 24.0 Å². The molecule has 0 bridgehead atoms. The number of aromatic hydroxyl groups is 1. The van der Waals surface area contributed by atoms with Crippen LogP contribution in [0.15, 0.2) is 23.1 Å². The summed E-state index contributed by atoms with van der Waals surface area (Å²) in [5, 5.41) is 10.8. The summed E-state index contributed by atoms with van der Waals surface area (Å²) in [7, 11) is 0. The summed E-state index contributed by atoms with van der Waals surface area (Å²) < 4.78 is 1.16. The molecule has 13 heavy (non-hydrogen) atoms. The topological polar surface area (TPSA) is 20.2 Å². The second-order valence-corrected chi connectivity index (χ2v) is 4.43. The van der Waals surface area contributed by atoms with E-state index in [1.807, 2.05) is 12.1 Å². The Labute approximate surface area is 86.4 Å². The van der Waals surface area contributed by atoms with Crippen LogP contribution < -0.4 is 0 Å². The van der Waals surface area contributed by atoms with Crippen LogP contribution in [0.25, 0.3) is 10.1 Å². The molecule has 0 aliphatic rings. The molecule has 0 aliphatic heterocycles. The number of rotatable bonds is 1. The van der Waals surface area contributed by atoms with E-state index in [2.05, 4.69) is 19.6 Å². The van der Waals surface area contributed by atoms with Gasteiger partial charge in [0.1, 0.15) is 0 Å². The van der Waals surface area contributed by atoms with Crippen LogP contribution in [0.5, 0.6) is 5.06 Å². The normalized spacial score (nSPS) is 10.9. The molecule has 0 saturated heterocycles. The van der Waals surface area contributed by atoms with Gasteiger partial charge in [-0.3, -0.25) is 0 Å². The smallest absolute Gasteiger partial charge is 0.172 e. The number of thiol groups is 1. The summed E-state index contributed by atoms with van der Waals surface area (Å²) in [6.07, 6.45) is 0.954. The van der Waals surface area contributed by atoms with Gasteiger partial charge < -0.3 is 5.11 Å². The second-order valence-electron chi connectivity index (χ2n) is 2.92. The molecular weight excluding hydrogens is 200 g/mol. The molecule has 1 heterocycles. The Morgan fingerprint density at radius 3 is 2.92 bits per heavy atom. The minimum absolute atomic E-state index is 0.378. The number of benzene rings is 1. The van der Waals surface area contributed by atoms with Crippen molar-refractivity contribution in [2.45, 2.75) is 18.2 Å². The SMILES string of the molecule is CCc1c(S)ccc2cc(O)sc12. The summed E-state index contributed by atoms with van der Waals surface area (Å²) in [5.74, 6) is 0. The van der Waals surface area contributed by atoms with Crippen molar-refractivity contribution in [2.75, 3.05) is 0 Å². The maximum absolute atomic E-state index is 9.36. The number of hydrogen-bond donors (Lipinski definition) is 2. The zero-order valence-electron chi connectivity index (χ0n) is 7.24. The van der Waals surface area contributed by atoms with E-state index in [9.17, 15) is 5.11 Å². The molecule has 0 spiro atoms. The van der Waals surface area contributed by atoms with Crippen molar-refractivity contribution in [3.05, 3.63) is 23.8 Å². The van der Waals surface area contributed by atoms with Gasteiger partial charge in [0.25, 0.3) is 0 Å². The molecule has 0 fully saturated rings. The quantitative estimate of drug-likeness (QED) is 0.691. The highest BCUT2D eigenvalue weighted by molar-refractivity contribution is 7.80. The largest absolute Gasteiger partial charge is 0.499 e. The van der Waals surface area contributed by atoms with Gasteiger partial charge in [-0.15, -0.1) is 12.6 Å². The second kappa shape index (κ2) is 3.24. The van der Waals surface area contributed by atoms with Crippen LogP contribution in [0.1, 0.15) is 12.5 Å². The van der Waals surface area contributed by atoms with Gasteiger partial charge >= 0.3 is 0 Å². The third-order valence-electron chi connectivity index (χ3n) is 2.11. The Morgan fingerprint density at radius 2 is 2.23 bits per heavy atom. The molecule has 1 aromatic heterocycles. The van der Waals surface area contributed by atoms with Gasteiger partial charge in [-0.25, -0.2) is 0 Å². The fourth-order valence-electron chi connectivity index (χ4n) is 1.48. The number of fused-ring (bicyclic) bond motifs is 1. The number of thiophene rings is 1. The van der Waals surface area contributed by atoms with E-state index < -0.39 is 0 Å². The molecule has 0 saturated carbocycles. The van der Waals surface area contributed by atoms with Crippen LogP contribution in [0, 0.1) is 0 Å². The molecule has 0 radical (unpaired) electrons. The lowest BCUT2D eigenvalue weighted by Gasteiger charge is -2.02. The van der Waals surface area contributed by atoms with Crippen molar-refractivity contribution in [3.63, 3.8) is 0 Å². The Bertz CT molecular complexity index is 445. The minimum atomic E-state index is 0.378. The highest BCUT2D eigenvalue weighted by Gasteiger charge is 2.06. The summed E-state index contributed by atoms with van der Waals surface area (Å²) in [6, 6.07) is 5.77. The average Bonchev–Trinajstić information content (AvgIpc) is 2.45. The van der Waals surface area contributed by atoms with Gasteiger partial charge in [-0.05, 0) is 29.5 Å². The van der Waals surface area contributed by atoms with E-state index >= 15 is 0 Å². The van der Waals surface area contributed by atoms with Crippen molar-refractivity contribution in [1.82, 2.24) is 0 Å². The van der Waals surface area contributed by atoms with Gasteiger partial charge in [0, 0.05) is 9.60 Å². The predicted molar refractivity (Wildman–Crippen MR) is 60.1 cm³/mol.